The van der Waals surface area contributed by atoms with Gasteiger partial charge in [0.2, 0.25) is 5.91 Å². The Morgan fingerprint density at radius 1 is 1.33 bits per heavy atom. The molecule has 0 saturated carbocycles. The Balaban J connectivity index is 1.83. The molecule has 1 N–H and O–H groups in total. The average molecular weight is 261 g/mol. The Bertz CT molecular complexity index is 533. The van der Waals surface area contributed by atoms with E-state index in [1.165, 1.54) is 0 Å². The van der Waals surface area contributed by atoms with Crippen molar-refractivity contribution in [3.63, 3.8) is 0 Å². The molecule has 1 amide bonds. The number of nitrogens with zero attached hydrogens (tertiary/aromatic N) is 2. The number of hydrogen-bond donors (Lipinski definition) is 2. The lowest BCUT2D eigenvalue weighted by Crippen LogP contribution is -2.24. The van der Waals surface area contributed by atoms with Gasteiger partial charge in [0.25, 0.3) is 0 Å². The van der Waals surface area contributed by atoms with E-state index >= 15 is 0 Å². The Kier molecular flexibility index (Phi) is 4.04. The largest absolute Gasteiger partial charge is 0.350 e. The zero-order chi connectivity index (χ0) is 13.0. The lowest BCUT2D eigenvalue weighted by molar-refractivity contribution is -0.120. The first-order chi connectivity index (χ1) is 8.63. The van der Waals surface area contributed by atoms with Crippen molar-refractivity contribution in [3.8, 4) is 0 Å². The maximum absolute atomic E-state index is 11.7. The van der Waals surface area contributed by atoms with E-state index in [9.17, 15) is 4.79 Å². The zero-order valence-electron chi connectivity index (χ0n) is 10.1. The van der Waals surface area contributed by atoms with Crippen LogP contribution in [0.1, 0.15) is 11.3 Å². The summed E-state index contributed by atoms with van der Waals surface area (Å²) in [6.07, 6.45) is 2.23. The highest BCUT2D eigenvalue weighted by atomic mass is 32.1. The Labute approximate surface area is 111 Å². The van der Waals surface area contributed by atoms with Gasteiger partial charge in [-0.3, -0.25) is 9.48 Å². The molecule has 18 heavy (non-hydrogen) atoms. The van der Waals surface area contributed by atoms with E-state index in [1.807, 2.05) is 43.6 Å². The first-order valence-electron chi connectivity index (χ1n) is 5.66. The molecule has 2 aromatic rings. The predicted molar refractivity (Wildman–Crippen MR) is 72.5 cm³/mol. The standard InChI is InChI=1S/C13H15N3OS/c1-16-7-6-11(15-16)9-14-13(17)8-10-2-4-12(18)5-3-10/h2-7,18H,8-9H2,1H3,(H,14,17). The molecule has 0 bridgehead atoms. The van der Waals surface area contributed by atoms with Crippen molar-refractivity contribution >= 4 is 18.5 Å². The van der Waals surface area contributed by atoms with E-state index in [-0.39, 0.29) is 5.91 Å². The van der Waals surface area contributed by atoms with Crippen molar-refractivity contribution in [3.05, 3.63) is 47.8 Å². The van der Waals surface area contributed by atoms with E-state index in [0.717, 1.165) is 16.2 Å². The summed E-state index contributed by atoms with van der Waals surface area (Å²) < 4.78 is 1.72. The summed E-state index contributed by atoms with van der Waals surface area (Å²) in [5, 5.41) is 7.03. The highest BCUT2D eigenvalue weighted by Crippen LogP contribution is 2.08. The van der Waals surface area contributed by atoms with Crippen molar-refractivity contribution in [2.24, 2.45) is 7.05 Å². The summed E-state index contributed by atoms with van der Waals surface area (Å²) in [6.45, 7) is 0.463. The van der Waals surface area contributed by atoms with Gasteiger partial charge in [-0.15, -0.1) is 12.6 Å². The maximum Gasteiger partial charge on any atom is 0.224 e. The molecule has 1 heterocycles. The SMILES string of the molecule is Cn1ccc(CNC(=O)Cc2ccc(S)cc2)n1. The fourth-order valence-electron chi connectivity index (χ4n) is 1.61. The third kappa shape index (κ3) is 3.63. The van der Waals surface area contributed by atoms with Crippen LogP contribution in [0, 0.1) is 0 Å². The summed E-state index contributed by atoms with van der Waals surface area (Å²) in [7, 11) is 1.85. The van der Waals surface area contributed by atoms with E-state index in [4.69, 9.17) is 0 Å². The molecule has 0 aliphatic carbocycles. The highest BCUT2D eigenvalue weighted by Gasteiger charge is 2.04. The minimum atomic E-state index is -0.00688. The molecule has 5 heteroatoms. The van der Waals surface area contributed by atoms with Crippen molar-refractivity contribution < 1.29 is 4.79 Å². The summed E-state index contributed by atoms with van der Waals surface area (Å²) in [5.74, 6) is -0.00688. The number of aryl methyl sites for hydroxylation is 1. The molecule has 1 aromatic carbocycles. The van der Waals surface area contributed by atoms with Crippen LogP contribution in [0.5, 0.6) is 0 Å². The first kappa shape index (κ1) is 12.7. The fraction of sp³-hybridized carbons (Fsp3) is 0.231. The Hall–Kier alpha value is -1.75. The lowest BCUT2D eigenvalue weighted by Gasteiger charge is -2.03. The second kappa shape index (κ2) is 5.73. The molecule has 94 valence electrons. The number of benzene rings is 1. The molecule has 0 unspecified atom stereocenters. The van der Waals surface area contributed by atoms with Gasteiger partial charge in [-0.25, -0.2) is 0 Å². The minimum Gasteiger partial charge on any atom is -0.350 e. The van der Waals surface area contributed by atoms with Gasteiger partial charge < -0.3 is 5.32 Å². The molecule has 0 radical (unpaired) electrons. The average Bonchev–Trinajstić information content (AvgIpc) is 2.76. The van der Waals surface area contributed by atoms with Gasteiger partial charge >= 0.3 is 0 Å². The topological polar surface area (TPSA) is 46.9 Å². The van der Waals surface area contributed by atoms with Gasteiger partial charge in [-0.2, -0.15) is 5.10 Å². The second-order valence-corrected chi connectivity index (χ2v) is 4.62. The van der Waals surface area contributed by atoms with E-state index < -0.39 is 0 Å². The van der Waals surface area contributed by atoms with Gasteiger partial charge in [0.1, 0.15) is 0 Å². The third-order valence-corrected chi connectivity index (χ3v) is 2.83. The van der Waals surface area contributed by atoms with Crippen LogP contribution in [0.3, 0.4) is 0 Å². The summed E-state index contributed by atoms with van der Waals surface area (Å²) in [5.41, 5.74) is 1.84. The zero-order valence-corrected chi connectivity index (χ0v) is 11.0. The molecule has 1 aromatic heterocycles. The number of aromatic nitrogens is 2. The normalized spacial score (nSPS) is 10.3. The molecule has 2 rings (SSSR count). The molecule has 0 spiro atoms. The van der Waals surface area contributed by atoms with Crippen LogP contribution in [0.15, 0.2) is 41.4 Å². The predicted octanol–water partition coefficient (Wildman–Crippen LogP) is 1.57. The molecule has 4 nitrogen and oxygen atoms in total. The Morgan fingerprint density at radius 3 is 2.67 bits per heavy atom. The number of carbonyl (C=O) groups excluding carboxylic acids is 1. The van der Waals surface area contributed by atoms with Crippen LogP contribution < -0.4 is 5.32 Å². The molecule has 0 aliphatic heterocycles. The number of amides is 1. The molecule has 0 fully saturated rings. The van der Waals surface area contributed by atoms with Crippen molar-refractivity contribution in [2.45, 2.75) is 17.9 Å². The summed E-state index contributed by atoms with van der Waals surface area (Å²) in [4.78, 5) is 12.6. The van der Waals surface area contributed by atoms with Crippen molar-refractivity contribution in [1.29, 1.82) is 0 Å². The van der Waals surface area contributed by atoms with Crippen molar-refractivity contribution in [1.82, 2.24) is 15.1 Å². The molecule has 0 aliphatic rings. The first-order valence-corrected chi connectivity index (χ1v) is 6.11. The van der Waals surface area contributed by atoms with Crippen LogP contribution in [-0.2, 0) is 24.8 Å². The van der Waals surface area contributed by atoms with Gasteiger partial charge in [0.05, 0.1) is 18.7 Å². The van der Waals surface area contributed by atoms with Gasteiger partial charge in [-0.05, 0) is 23.8 Å². The van der Waals surface area contributed by atoms with E-state index in [0.29, 0.717) is 13.0 Å². The highest BCUT2D eigenvalue weighted by molar-refractivity contribution is 7.80. The molecular weight excluding hydrogens is 246 g/mol. The quantitative estimate of drug-likeness (QED) is 0.821. The summed E-state index contributed by atoms with van der Waals surface area (Å²) in [6, 6.07) is 9.45. The number of rotatable bonds is 4. The van der Waals surface area contributed by atoms with Crippen LogP contribution in [0.25, 0.3) is 0 Å². The number of thiol groups is 1. The van der Waals surface area contributed by atoms with Crippen LogP contribution >= 0.6 is 12.6 Å². The van der Waals surface area contributed by atoms with Crippen LogP contribution in [0.4, 0.5) is 0 Å². The van der Waals surface area contributed by atoms with E-state index in [2.05, 4.69) is 23.0 Å². The summed E-state index contributed by atoms with van der Waals surface area (Å²) >= 11 is 4.20. The lowest BCUT2D eigenvalue weighted by atomic mass is 10.1. The Morgan fingerprint density at radius 2 is 2.06 bits per heavy atom. The monoisotopic (exact) mass is 261 g/mol. The van der Waals surface area contributed by atoms with Gasteiger partial charge in [-0.1, -0.05) is 12.1 Å². The van der Waals surface area contributed by atoms with Gasteiger partial charge in [0, 0.05) is 18.1 Å². The molecular formula is C13H15N3OS. The smallest absolute Gasteiger partial charge is 0.224 e. The fourth-order valence-corrected chi connectivity index (χ4v) is 1.76. The third-order valence-electron chi connectivity index (χ3n) is 2.54. The van der Waals surface area contributed by atoms with Crippen LogP contribution in [-0.4, -0.2) is 15.7 Å². The number of nitrogens with one attached hydrogen (secondary N) is 1. The van der Waals surface area contributed by atoms with E-state index in [1.54, 1.807) is 4.68 Å². The maximum atomic E-state index is 11.7. The molecule has 0 atom stereocenters. The minimum absolute atomic E-state index is 0.00688. The second-order valence-electron chi connectivity index (χ2n) is 4.10. The van der Waals surface area contributed by atoms with Gasteiger partial charge in [0.15, 0.2) is 0 Å². The number of carbonyl (C=O) groups is 1. The molecule has 0 saturated heterocycles. The van der Waals surface area contributed by atoms with Crippen LogP contribution in [0.2, 0.25) is 0 Å². The van der Waals surface area contributed by atoms with Crippen molar-refractivity contribution in [2.75, 3.05) is 0 Å². The number of hydrogen-bond acceptors (Lipinski definition) is 3.